The lowest BCUT2D eigenvalue weighted by Gasteiger charge is -2.08. The van der Waals surface area contributed by atoms with Gasteiger partial charge in [0.2, 0.25) is 5.91 Å². The average Bonchev–Trinajstić information content (AvgIpc) is 3.02. The zero-order valence-electron chi connectivity index (χ0n) is 14.3. The van der Waals surface area contributed by atoms with E-state index in [2.05, 4.69) is 15.5 Å². The lowest BCUT2D eigenvalue weighted by molar-refractivity contribution is -0.113. The summed E-state index contributed by atoms with van der Waals surface area (Å²) < 4.78 is 7.18. The Morgan fingerprint density at radius 3 is 2.69 bits per heavy atom. The summed E-state index contributed by atoms with van der Waals surface area (Å²) in [6.07, 6.45) is 0. The number of phenols is 1. The number of hydrogen-bond donors (Lipinski definition) is 2. The normalized spacial score (nSPS) is 10.5. The molecule has 134 valence electrons. The molecule has 2 aromatic carbocycles. The van der Waals surface area contributed by atoms with Crippen molar-refractivity contribution in [2.45, 2.75) is 5.16 Å². The number of thioether (sulfide) groups is 1. The maximum Gasteiger partial charge on any atom is 0.234 e. The first-order valence-corrected chi connectivity index (χ1v) is 8.82. The first-order valence-electron chi connectivity index (χ1n) is 7.83. The van der Waals surface area contributed by atoms with Gasteiger partial charge in [0.05, 0.1) is 24.1 Å². The van der Waals surface area contributed by atoms with Gasteiger partial charge in [-0.3, -0.25) is 4.79 Å². The first-order chi connectivity index (χ1) is 12.6. The second-order valence-electron chi connectivity index (χ2n) is 5.42. The van der Waals surface area contributed by atoms with Crippen LogP contribution in [0.2, 0.25) is 0 Å². The third kappa shape index (κ3) is 3.80. The highest BCUT2D eigenvalue weighted by Crippen LogP contribution is 2.30. The molecule has 0 unspecified atom stereocenters. The van der Waals surface area contributed by atoms with Crippen molar-refractivity contribution in [3.8, 4) is 22.9 Å². The molecule has 2 N–H and O–H groups in total. The number of hydrogen-bond acceptors (Lipinski definition) is 6. The highest BCUT2D eigenvalue weighted by atomic mass is 32.2. The highest BCUT2D eigenvalue weighted by Gasteiger charge is 2.16. The van der Waals surface area contributed by atoms with Gasteiger partial charge >= 0.3 is 0 Å². The molecular formula is C18H18N4O3S. The number of carbonyl (C=O) groups is 1. The number of nitrogens with zero attached hydrogens (tertiary/aromatic N) is 3. The van der Waals surface area contributed by atoms with E-state index < -0.39 is 0 Å². The van der Waals surface area contributed by atoms with E-state index in [0.717, 1.165) is 5.56 Å². The molecule has 7 nitrogen and oxygen atoms in total. The molecule has 0 aliphatic heterocycles. The summed E-state index contributed by atoms with van der Waals surface area (Å²) in [5, 5.41) is 21.4. The number of nitrogens with one attached hydrogen (secondary N) is 1. The van der Waals surface area contributed by atoms with Crippen molar-refractivity contribution in [2.75, 3.05) is 18.2 Å². The second kappa shape index (κ2) is 7.92. The van der Waals surface area contributed by atoms with Crippen LogP contribution in [0.4, 0.5) is 5.69 Å². The number of carbonyl (C=O) groups excluding carboxylic acids is 1. The number of phenolic OH excluding ortho intramolecular Hbond substituents is 1. The number of aromatic hydroxyl groups is 1. The van der Waals surface area contributed by atoms with Gasteiger partial charge < -0.3 is 19.7 Å². The molecule has 0 aliphatic rings. The van der Waals surface area contributed by atoms with Crippen molar-refractivity contribution in [3.63, 3.8) is 0 Å². The van der Waals surface area contributed by atoms with Crippen molar-refractivity contribution >= 4 is 23.4 Å². The molecule has 0 radical (unpaired) electrons. The number of para-hydroxylation sites is 3. The molecule has 3 aromatic rings. The predicted molar refractivity (Wildman–Crippen MR) is 100 cm³/mol. The van der Waals surface area contributed by atoms with Gasteiger partial charge in [-0.2, -0.15) is 0 Å². The minimum atomic E-state index is -0.238. The van der Waals surface area contributed by atoms with Crippen LogP contribution in [-0.4, -0.2) is 38.6 Å². The van der Waals surface area contributed by atoms with Crippen LogP contribution >= 0.6 is 11.8 Å². The topological polar surface area (TPSA) is 89.3 Å². The van der Waals surface area contributed by atoms with Crippen LogP contribution < -0.4 is 10.1 Å². The number of amides is 1. The van der Waals surface area contributed by atoms with Crippen LogP contribution in [-0.2, 0) is 11.8 Å². The molecule has 8 heteroatoms. The Balaban J connectivity index is 1.69. The smallest absolute Gasteiger partial charge is 0.234 e. The van der Waals surface area contributed by atoms with E-state index in [0.29, 0.717) is 22.4 Å². The molecule has 26 heavy (non-hydrogen) atoms. The molecular weight excluding hydrogens is 352 g/mol. The number of rotatable bonds is 6. The molecule has 0 aliphatic carbocycles. The van der Waals surface area contributed by atoms with Crippen LogP contribution in [0.25, 0.3) is 11.4 Å². The Kier molecular flexibility index (Phi) is 5.43. The van der Waals surface area contributed by atoms with Gasteiger partial charge in [0.15, 0.2) is 11.0 Å². The number of anilines is 1. The molecule has 0 saturated heterocycles. The van der Waals surface area contributed by atoms with E-state index >= 15 is 0 Å². The molecule has 0 saturated carbocycles. The molecule has 0 spiro atoms. The lowest BCUT2D eigenvalue weighted by atomic mass is 10.2. The van der Waals surface area contributed by atoms with Gasteiger partial charge in [0.25, 0.3) is 0 Å². The van der Waals surface area contributed by atoms with Crippen LogP contribution in [0.5, 0.6) is 11.5 Å². The van der Waals surface area contributed by atoms with E-state index in [9.17, 15) is 9.90 Å². The van der Waals surface area contributed by atoms with Crippen LogP contribution in [0.15, 0.2) is 53.7 Å². The monoisotopic (exact) mass is 370 g/mol. The summed E-state index contributed by atoms with van der Waals surface area (Å²) in [6, 6.07) is 14.1. The molecule has 0 atom stereocenters. The summed E-state index contributed by atoms with van der Waals surface area (Å²) in [5.74, 6) is 1.30. The van der Waals surface area contributed by atoms with E-state index in [1.54, 1.807) is 25.3 Å². The van der Waals surface area contributed by atoms with Crippen molar-refractivity contribution in [1.82, 2.24) is 14.8 Å². The first kappa shape index (κ1) is 17.8. The zero-order chi connectivity index (χ0) is 18.5. The maximum absolute atomic E-state index is 12.1. The van der Waals surface area contributed by atoms with E-state index in [1.807, 2.05) is 35.9 Å². The fraction of sp³-hybridized carbons (Fsp3) is 0.167. The fourth-order valence-electron chi connectivity index (χ4n) is 2.40. The van der Waals surface area contributed by atoms with Crippen LogP contribution in [0.1, 0.15) is 0 Å². The Labute approximate surface area is 155 Å². The maximum atomic E-state index is 12.1. The summed E-state index contributed by atoms with van der Waals surface area (Å²) in [5.41, 5.74) is 1.21. The average molecular weight is 370 g/mol. The van der Waals surface area contributed by atoms with E-state index in [4.69, 9.17) is 4.74 Å². The van der Waals surface area contributed by atoms with Crippen molar-refractivity contribution in [1.29, 1.82) is 0 Å². The molecule has 1 amide bonds. The van der Waals surface area contributed by atoms with Gasteiger partial charge in [0, 0.05) is 7.05 Å². The molecule has 0 fully saturated rings. The Morgan fingerprint density at radius 2 is 1.92 bits per heavy atom. The van der Waals surface area contributed by atoms with Crippen LogP contribution in [0, 0.1) is 0 Å². The molecule has 3 rings (SSSR count). The van der Waals surface area contributed by atoms with E-state index in [1.165, 1.54) is 17.8 Å². The SMILES string of the molecule is COc1ccccc1-c1nnc(SCC(=O)Nc2ccccc2O)n1C. The van der Waals surface area contributed by atoms with Crippen molar-refractivity contribution in [2.24, 2.45) is 7.05 Å². The molecule has 0 bridgehead atoms. The third-order valence-corrected chi connectivity index (χ3v) is 4.71. The Hall–Kier alpha value is -3.00. The minimum Gasteiger partial charge on any atom is -0.506 e. The predicted octanol–water partition coefficient (Wildman–Crippen LogP) is 2.93. The van der Waals surface area contributed by atoms with E-state index in [-0.39, 0.29) is 17.4 Å². The lowest BCUT2D eigenvalue weighted by Crippen LogP contribution is -2.14. The summed E-state index contributed by atoms with van der Waals surface area (Å²) in [6.45, 7) is 0. The van der Waals surface area contributed by atoms with Crippen LogP contribution in [0.3, 0.4) is 0 Å². The standard InChI is InChI=1S/C18H18N4O3S/c1-22-17(12-7-3-6-10-15(12)25-2)20-21-18(22)26-11-16(24)19-13-8-4-5-9-14(13)23/h3-10,23H,11H2,1-2H3,(H,19,24). The minimum absolute atomic E-state index is 0.0305. The number of ether oxygens (including phenoxy) is 1. The van der Waals surface area contributed by atoms with Gasteiger partial charge in [-0.1, -0.05) is 36.0 Å². The van der Waals surface area contributed by atoms with Crippen molar-refractivity contribution in [3.05, 3.63) is 48.5 Å². The number of methoxy groups -OCH3 is 1. The highest BCUT2D eigenvalue weighted by molar-refractivity contribution is 7.99. The Morgan fingerprint density at radius 1 is 1.19 bits per heavy atom. The quantitative estimate of drug-likeness (QED) is 0.512. The molecule has 1 heterocycles. The zero-order valence-corrected chi connectivity index (χ0v) is 15.2. The fourth-order valence-corrected chi connectivity index (χ4v) is 3.11. The summed E-state index contributed by atoms with van der Waals surface area (Å²) >= 11 is 1.26. The Bertz CT molecular complexity index is 926. The van der Waals surface area contributed by atoms with Gasteiger partial charge in [0.1, 0.15) is 11.5 Å². The number of aromatic nitrogens is 3. The third-order valence-electron chi connectivity index (χ3n) is 3.69. The second-order valence-corrected chi connectivity index (χ2v) is 6.36. The summed E-state index contributed by atoms with van der Waals surface area (Å²) in [7, 11) is 3.44. The van der Waals surface area contributed by atoms with Gasteiger partial charge in [-0.15, -0.1) is 10.2 Å². The van der Waals surface area contributed by atoms with Gasteiger partial charge in [-0.05, 0) is 24.3 Å². The van der Waals surface area contributed by atoms with Gasteiger partial charge in [-0.25, -0.2) is 0 Å². The largest absolute Gasteiger partial charge is 0.506 e. The van der Waals surface area contributed by atoms with Crippen molar-refractivity contribution < 1.29 is 14.6 Å². The summed E-state index contributed by atoms with van der Waals surface area (Å²) in [4.78, 5) is 12.1. The number of benzene rings is 2. The molecule has 1 aromatic heterocycles.